The minimum Gasteiger partial charge on any atom is -0.468 e. The summed E-state index contributed by atoms with van der Waals surface area (Å²) >= 11 is 3.22. The predicted octanol–water partition coefficient (Wildman–Crippen LogP) is 1.31. The molecule has 3 nitrogen and oxygen atoms in total. The van der Waals surface area contributed by atoms with Crippen molar-refractivity contribution in [1.82, 2.24) is 5.32 Å². The van der Waals surface area contributed by atoms with Crippen LogP contribution < -0.4 is 5.32 Å². The van der Waals surface area contributed by atoms with Crippen molar-refractivity contribution in [3.63, 3.8) is 0 Å². The molecular formula is C10H16BrNO2. The molecule has 0 saturated heterocycles. The summed E-state index contributed by atoms with van der Waals surface area (Å²) in [6, 6.07) is 0.268. The summed E-state index contributed by atoms with van der Waals surface area (Å²) in [4.78, 5) is 10.7. The average Bonchev–Trinajstić information content (AvgIpc) is 2.22. The van der Waals surface area contributed by atoms with E-state index in [4.69, 9.17) is 6.42 Å². The van der Waals surface area contributed by atoms with Crippen LogP contribution in [0.15, 0.2) is 0 Å². The molecule has 0 aliphatic heterocycles. The van der Waals surface area contributed by atoms with Crippen molar-refractivity contribution < 1.29 is 9.53 Å². The van der Waals surface area contributed by atoms with Gasteiger partial charge >= 0.3 is 5.97 Å². The van der Waals surface area contributed by atoms with E-state index in [1.54, 1.807) is 0 Å². The number of hydrogen-bond acceptors (Lipinski definition) is 3. The highest BCUT2D eigenvalue weighted by Crippen LogP contribution is 2.02. The van der Waals surface area contributed by atoms with Crippen molar-refractivity contribution in [2.75, 3.05) is 13.7 Å². The smallest absolute Gasteiger partial charge is 0.320 e. The second-order valence-electron chi connectivity index (χ2n) is 2.91. The van der Waals surface area contributed by atoms with Crippen molar-refractivity contribution >= 4 is 21.9 Å². The molecular weight excluding hydrogens is 246 g/mol. The zero-order valence-electron chi connectivity index (χ0n) is 8.55. The van der Waals surface area contributed by atoms with Crippen LogP contribution >= 0.6 is 15.9 Å². The van der Waals surface area contributed by atoms with Gasteiger partial charge in [-0.05, 0) is 6.42 Å². The largest absolute Gasteiger partial charge is 0.468 e. The van der Waals surface area contributed by atoms with Crippen molar-refractivity contribution in [3.8, 4) is 12.3 Å². The van der Waals surface area contributed by atoms with Gasteiger partial charge < -0.3 is 10.1 Å². The van der Waals surface area contributed by atoms with Crippen LogP contribution in [0.1, 0.15) is 19.8 Å². The van der Waals surface area contributed by atoms with E-state index >= 15 is 0 Å². The number of nitrogens with one attached hydrogen (secondary N) is 1. The van der Waals surface area contributed by atoms with Gasteiger partial charge in [-0.2, -0.15) is 0 Å². The van der Waals surface area contributed by atoms with E-state index in [0.717, 1.165) is 6.42 Å². The molecule has 0 aromatic heterocycles. The van der Waals surface area contributed by atoms with Crippen LogP contribution in [0.3, 0.4) is 0 Å². The molecule has 2 unspecified atom stereocenters. The number of halogens is 1. The summed E-state index contributed by atoms with van der Waals surface area (Å²) in [5.41, 5.74) is 0. The van der Waals surface area contributed by atoms with E-state index < -0.39 is 0 Å². The van der Waals surface area contributed by atoms with Crippen LogP contribution in [-0.4, -0.2) is 30.5 Å². The second kappa shape index (κ2) is 7.84. The summed E-state index contributed by atoms with van der Waals surface area (Å²) in [5.74, 6) is 2.32. The SMILES string of the molecule is C#CCC(CC)NCC(Br)C(=O)OC. The zero-order valence-corrected chi connectivity index (χ0v) is 10.1. The highest BCUT2D eigenvalue weighted by molar-refractivity contribution is 9.10. The fourth-order valence-electron chi connectivity index (χ4n) is 0.984. The number of hydrogen-bond donors (Lipinski definition) is 1. The van der Waals surface area contributed by atoms with E-state index in [2.05, 4.69) is 38.8 Å². The molecule has 0 radical (unpaired) electrons. The molecule has 4 heteroatoms. The molecule has 0 aliphatic carbocycles. The minimum absolute atomic E-state index is 0.268. The summed E-state index contributed by atoms with van der Waals surface area (Å²) in [5, 5.41) is 3.20. The first-order valence-electron chi connectivity index (χ1n) is 4.54. The average molecular weight is 262 g/mol. The van der Waals surface area contributed by atoms with Crippen molar-refractivity contribution in [3.05, 3.63) is 0 Å². The number of carbonyl (C=O) groups is 1. The third kappa shape index (κ3) is 5.25. The number of rotatable bonds is 6. The molecule has 0 bridgehead atoms. The highest BCUT2D eigenvalue weighted by Gasteiger charge is 2.16. The topological polar surface area (TPSA) is 38.3 Å². The third-order valence-electron chi connectivity index (χ3n) is 1.90. The Labute approximate surface area is 93.7 Å². The van der Waals surface area contributed by atoms with E-state index in [-0.39, 0.29) is 16.8 Å². The first-order chi connectivity index (χ1) is 6.65. The summed E-state index contributed by atoms with van der Waals surface area (Å²) in [6.45, 7) is 2.59. The number of methoxy groups -OCH3 is 1. The lowest BCUT2D eigenvalue weighted by Gasteiger charge is -2.15. The Morgan fingerprint density at radius 1 is 1.71 bits per heavy atom. The Morgan fingerprint density at radius 3 is 2.79 bits per heavy atom. The molecule has 0 amide bonds. The molecule has 1 N–H and O–H groups in total. The second-order valence-corrected chi connectivity index (χ2v) is 4.02. The summed E-state index contributed by atoms with van der Waals surface area (Å²) < 4.78 is 4.57. The van der Waals surface area contributed by atoms with Crippen molar-refractivity contribution in [2.24, 2.45) is 0 Å². The molecule has 80 valence electrons. The van der Waals surface area contributed by atoms with E-state index in [1.165, 1.54) is 7.11 Å². The van der Waals surface area contributed by atoms with Crippen LogP contribution in [0, 0.1) is 12.3 Å². The first kappa shape index (κ1) is 13.5. The summed E-state index contributed by atoms with van der Waals surface area (Å²) in [6.07, 6.45) is 6.83. The Kier molecular flexibility index (Phi) is 7.54. The maximum atomic E-state index is 11.0. The molecule has 0 rings (SSSR count). The maximum Gasteiger partial charge on any atom is 0.320 e. The van der Waals surface area contributed by atoms with Gasteiger partial charge in [-0.1, -0.05) is 22.9 Å². The van der Waals surface area contributed by atoms with Crippen LogP contribution in [0.2, 0.25) is 0 Å². The predicted molar refractivity (Wildman–Crippen MR) is 60.3 cm³/mol. The van der Waals surface area contributed by atoms with Gasteiger partial charge in [-0.3, -0.25) is 4.79 Å². The molecule has 0 heterocycles. The molecule has 0 fully saturated rings. The number of carbonyl (C=O) groups excluding carboxylic acids is 1. The van der Waals surface area contributed by atoms with Crippen LogP contribution in [0.25, 0.3) is 0 Å². The third-order valence-corrected chi connectivity index (χ3v) is 2.60. The van der Waals surface area contributed by atoms with Gasteiger partial charge in [0.05, 0.1) is 7.11 Å². The molecule has 0 saturated carbocycles. The zero-order chi connectivity index (χ0) is 11.0. The molecule has 0 aliphatic rings. The Balaban J connectivity index is 3.79. The molecule has 14 heavy (non-hydrogen) atoms. The molecule has 2 atom stereocenters. The number of alkyl halides is 1. The van der Waals surface area contributed by atoms with Gasteiger partial charge in [-0.15, -0.1) is 12.3 Å². The van der Waals surface area contributed by atoms with Crippen molar-refractivity contribution in [2.45, 2.75) is 30.6 Å². The first-order valence-corrected chi connectivity index (χ1v) is 5.46. The van der Waals surface area contributed by atoms with E-state index in [1.807, 2.05) is 0 Å². The monoisotopic (exact) mass is 261 g/mol. The normalized spacial score (nSPS) is 14.1. The Hall–Kier alpha value is -0.530. The fraction of sp³-hybridized carbons (Fsp3) is 0.700. The Bertz CT molecular complexity index is 213. The fourth-order valence-corrected chi connectivity index (χ4v) is 1.36. The summed E-state index contributed by atoms with van der Waals surface area (Å²) in [7, 11) is 1.37. The lowest BCUT2D eigenvalue weighted by molar-refractivity contribution is -0.139. The standard InChI is InChI=1S/C10H16BrNO2/c1-4-6-8(5-2)12-7-9(11)10(13)14-3/h1,8-9,12H,5-7H2,2-3H3. The maximum absolute atomic E-state index is 11.0. The van der Waals surface area contributed by atoms with Gasteiger partial charge in [0.1, 0.15) is 4.83 Å². The van der Waals surface area contributed by atoms with Gasteiger partial charge in [-0.25, -0.2) is 0 Å². The van der Waals surface area contributed by atoms with E-state index in [0.29, 0.717) is 13.0 Å². The Morgan fingerprint density at radius 2 is 2.36 bits per heavy atom. The quantitative estimate of drug-likeness (QED) is 0.445. The lowest BCUT2D eigenvalue weighted by atomic mass is 10.1. The highest BCUT2D eigenvalue weighted by atomic mass is 79.9. The number of esters is 1. The van der Waals surface area contributed by atoms with Gasteiger partial charge in [0.15, 0.2) is 0 Å². The van der Waals surface area contributed by atoms with Crippen LogP contribution in [-0.2, 0) is 9.53 Å². The molecule has 0 aromatic rings. The van der Waals surface area contributed by atoms with Gasteiger partial charge in [0.25, 0.3) is 0 Å². The number of ether oxygens (including phenoxy) is 1. The molecule has 0 aromatic carbocycles. The molecule has 0 spiro atoms. The van der Waals surface area contributed by atoms with Gasteiger partial charge in [0.2, 0.25) is 0 Å². The van der Waals surface area contributed by atoms with Crippen LogP contribution in [0.5, 0.6) is 0 Å². The van der Waals surface area contributed by atoms with Gasteiger partial charge in [0, 0.05) is 19.0 Å². The number of terminal acetylenes is 1. The van der Waals surface area contributed by atoms with E-state index in [9.17, 15) is 4.79 Å². The van der Waals surface area contributed by atoms with Crippen molar-refractivity contribution in [1.29, 1.82) is 0 Å². The minimum atomic E-state index is -0.306. The lowest BCUT2D eigenvalue weighted by Crippen LogP contribution is -2.36. The van der Waals surface area contributed by atoms with Crippen LogP contribution in [0.4, 0.5) is 0 Å².